The van der Waals surface area contributed by atoms with E-state index in [9.17, 15) is 27.6 Å². The fraction of sp³-hybridized carbons (Fsp3) is 0.364. The topological polar surface area (TPSA) is 123 Å². The summed E-state index contributed by atoms with van der Waals surface area (Å²) in [5.74, 6) is -2.51. The van der Waals surface area contributed by atoms with E-state index >= 15 is 0 Å². The average molecular weight is 333 g/mol. The van der Waals surface area contributed by atoms with Gasteiger partial charge in [-0.1, -0.05) is 5.16 Å². The summed E-state index contributed by atoms with van der Waals surface area (Å²) in [5.41, 5.74) is -1.86. The van der Waals surface area contributed by atoms with Crippen LogP contribution in [0.4, 0.5) is 13.2 Å². The van der Waals surface area contributed by atoms with Crippen molar-refractivity contribution >= 4 is 5.91 Å². The first-order valence-electron chi connectivity index (χ1n) is 6.16. The first-order valence-corrected chi connectivity index (χ1v) is 6.16. The number of alkyl halides is 3. The summed E-state index contributed by atoms with van der Waals surface area (Å²) in [6.45, 7) is -0.127. The van der Waals surface area contributed by atoms with Crippen molar-refractivity contribution in [1.82, 2.24) is 25.0 Å². The second-order valence-electron chi connectivity index (χ2n) is 4.43. The molecule has 2 aromatic heterocycles. The normalized spacial score (nSPS) is 11.5. The molecule has 2 rings (SSSR count). The van der Waals surface area contributed by atoms with Crippen LogP contribution in [0, 0.1) is 0 Å². The van der Waals surface area contributed by atoms with Gasteiger partial charge in [0.15, 0.2) is 5.82 Å². The van der Waals surface area contributed by atoms with Gasteiger partial charge in [-0.2, -0.15) is 18.2 Å². The molecule has 0 aliphatic heterocycles. The van der Waals surface area contributed by atoms with Gasteiger partial charge in [0.2, 0.25) is 0 Å². The van der Waals surface area contributed by atoms with Crippen molar-refractivity contribution in [2.45, 2.75) is 12.6 Å². The number of aryl methyl sites for hydroxylation is 1. The van der Waals surface area contributed by atoms with Crippen LogP contribution in [-0.2, 0) is 19.6 Å². The maximum Gasteiger partial charge on any atom is 0.471 e. The predicted molar refractivity (Wildman–Crippen MR) is 67.6 cm³/mol. The van der Waals surface area contributed by atoms with Gasteiger partial charge in [-0.25, -0.2) is 4.79 Å². The molecule has 0 unspecified atom stereocenters. The first-order chi connectivity index (χ1) is 10.7. The predicted octanol–water partition coefficient (Wildman–Crippen LogP) is -0.552. The van der Waals surface area contributed by atoms with Crippen LogP contribution in [0.1, 0.15) is 22.1 Å². The third-order valence-corrected chi connectivity index (χ3v) is 2.70. The molecule has 0 aromatic carbocycles. The van der Waals surface area contributed by atoms with E-state index in [1.54, 1.807) is 0 Å². The number of hydrogen-bond acceptors (Lipinski definition) is 6. The molecular formula is C11H10F3N5O4. The fourth-order valence-corrected chi connectivity index (χ4v) is 1.58. The van der Waals surface area contributed by atoms with Gasteiger partial charge in [-0.15, -0.1) is 0 Å². The smallest absolute Gasteiger partial charge is 0.351 e. The Balaban J connectivity index is 1.98. The van der Waals surface area contributed by atoms with E-state index in [1.165, 1.54) is 7.05 Å². The largest absolute Gasteiger partial charge is 0.471 e. The molecular weight excluding hydrogens is 323 g/mol. The molecule has 2 aromatic rings. The Hall–Kier alpha value is -2.92. The van der Waals surface area contributed by atoms with E-state index in [0.29, 0.717) is 0 Å². The van der Waals surface area contributed by atoms with E-state index in [1.807, 2.05) is 4.98 Å². The lowest BCUT2D eigenvalue weighted by atomic mass is 10.3. The van der Waals surface area contributed by atoms with Crippen molar-refractivity contribution in [3.63, 3.8) is 0 Å². The minimum Gasteiger partial charge on any atom is -0.351 e. The molecule has 9 nitrogen and oxygen atoms in total. The Kier molecular flexibility index (Phi) is 4.33. The van der Waals surface area contributed by atoms with Crippen molar-refractivity contribution in [2.75, 3.05) is 6.54 Å². The number of H-pyrrole nitrogens is 1. The summed E-state index contributed by atoms with van der Waals surface area (Å²) in [4.78, 5) is 39.5. The van der Waals surface area contributed by atoms with Gasteiger partial charge in [0.05, 0.1) is 0 Å². The van der Waals surface area contributed by atoms with Crippen molar-refractivity contribution in [3.05, 3.63) is 44.3 Å². The van der Waals surface area contributed by atoms with E-state index in [0.717, 1.165) is 10.8 Å². The third-order valence-electron chi connectivity index (χ3n) is 2.70. The monoisotopic (exact) mass is 333 g/mol. The summed E-state index contributed by atoms with van der Waals surface area (Å²) in [6, 6.07) is 0. The van der Waals surface area contributed by atoms with Gasteiger partial charge < -0.3 is 14.4 Å². The summed E-state index contributed by atoms with van der Waals surface area (Å²) in [7, 11) is 1.34. The molecule has 2 heterocycles. The van der Waals surface area contributed by atoms with Crippen molar-refractivity contribution in [3.8, 4) is 0 Å². The Morgan fingerprint density at radius 1 is 1.43 bits per heavy atom. The number of carbonyl (C=O) groups excluding carboxylic acids is 1. The van der Waals surface area contributed by atoms with E-state index in [2.05, 4.69) is 20.0 Å². The van der Waals surface area contributed by atoms with Crippen molar-refractivity contribution < 1.29 is 22.5 Å². The second kappa shape index (κ2) is 6.06. The molecule has 0 aliphatic rings. The van der Waals surface area contributed by atoms with E-state index in [-0.39, 0.29) is 24.4 Å². The SMILES string of the molecule is Cn1cc(C(=O)NCCc2noc(C(F)(F)F)n2)c(=O)[nH]c1=O. The van der Waals surface area contributed by atoms with Gasteiger partial charge in [-0.05, 0) is 0 Å². The molecule has 2 N–H and O–H groups in total. The molecule has 1 amide bonds. The molecule has 0 spiro atoms. The Morgan fingerprint density at radius 2 is 2.13 bits per heavy atom. The minimum atomic E-state index is -4.74. The second-order valence-corrected chi connectivity index (χ2v) is 4.43. The number of halogens is 3. The fourth-order valence-electron chi connectivity index (χ4n) is 1.58. The van der Waals surface area contributed by atoms with Crippen LogP contribution in [0.25, 0.3) is 0 Å². The van der Waals surface area contributed by atoms with Gasteiger partial charge >= 0.3 is 17.8 Å². The molecule has 124 valence electrons. The maximum atomic E-state index is 12.3. The molecule has 0 aliphatic carbocycles. The van der Waals surface area contributed by atoms with E-state index in [4.69, 9.17) is 0 Å². The number of nitrogens with zero attached hydrogens (tertiary/aromatic N) is 3. The first kappa shape index (κ1) is 16.5. The highest BCUT2D eigenvalue weighted by atomic mass is 19.4. The minimum absolute atomic E-state index is 0.127. The van der Waals surface area contributed by atoms with Crippen LogP contribution in [-0.4, -0.2) is 32.1 Å². The van der Waals surface area contributed by atoms with Crippen LogP contribution in [0.5, 0.6) is 0 Å². The summed E-state index contributed by atoms with van der Waals surface area (Å²) < 4.78 is 41.8. The van der Waals surface area contributed by atoms with Crippen LogP contribution in [0.2, 0.25) is 0 Å². The number of hydrogen-bond donors (Lipinski definition) is 2. The number of carbonyl (C=O) groups is 1. The van der Waals surface area contributed by atoms with Crippen LogP contribution in [0.15, 0.2) is 20.3 Å². The zero-order chi connectivity index (χ0) is 17.2. The van der Waals surface area contributed by atoms with Crippen LogP contribution < -0.4 is 16.6 Å². The molecule has 0 fully saturated rings. The maximum absolute atomic E-state index is 12.3. The van der Waals surface area contributed by atoms with Gasteiger partial charge in [0.1, 0.15) is 5.56 Å². The highest BCUT2D eigenvalue weighted by molar-refractivity contribution is 5.93. The average Bonchev–Trinajstić information content (AvgIpc) is 2.91. The van der Waals surface area contributed by atoms with Crippen LogP contribution >= 0.6 is 0 Å². The molecule has 0 saturated heterocycles. The van der Waals surface area contributed by atoms with Crippen LogP contribution in [0.3, 0.4) is 0 Å². The summed E-state index contributed by atoms with van der Waals surface area (Å²) in [5, 5.41) is 5.43. The lowest BCUT2D eigenvalue weighted by Gasteiger charge is -2.04. The number of aromatic amines is 1. The number of amides is 1. The third kappa shape index (κ3) is 3.84. The Labute approximate surface area is 125 Å². The zero-order valence-corrected chi connectivity index (χ0v) is 11.6. The molecule has 23 heavy (non-hydrogen) atoms. The molecule has 0 saturated carbocycles. The summed E-state index contributed by atoms with van der Waals surface area (Å²) >= 11 is 0. The van der Waals surface area contributed by atoms with Crippen molar-refractivity contribution in [1.29, 1.82) is 0 Å². The molecule has 0 atom stereocenters. The van der Waals surface area contributed by atoms with E-state index < -0.39 is 29.2 Å². The van der Waals surface area contributed by atoms with Gasteiger partial charge in [-0.3, -0.25) is 14.6 Å². The Bertz CT molecular complexity index is 835. The molecule has 12 heteroatoms. The zero-order valence-electron chi connectivity index (χ0n) is 11.6. The number of nitrogens with one attached hydrogen (secondary N) is 2. The highest BCUT2D eigenvalue weighted by Crippen LogP contribution is 2.27. The molecule has 0 bridgehead atoms. The molecule has 0 radical (unpaired) electrons. The quantitative estimate of drug-likeness (QED) is 0.774. The standard InChI is InChI=1S/C11H10F3N5O4/c1-19-4-5(8(21)17-10(19)22)7(20)15-3-2-6-16-9(23-18-6)11(12,13)14/h4H,2-3H2,1H3,(H,15,20)(H,17,21,22). The lowest BCUT2D eigenvalue weighted by Crippen LogP contribution is -2.36. The van der Waals surface area contributed by atoms with Crippen molar-refractivity contribution in [2.24, 2.45) is 7.05 Å². The van der Waals surface area contributed by atoms with Gasteiger partial charge in [0, 0.05) is 26.2 Å². The highest BCUT2D eigenvalue weighted by Gasteiger charge is 2.38. The Morgan fingerprint density at radius 3 is 2.74 bits per heavy atom. The lowest BCUT2D eigenvalue weighted by molar-refractivity contribution is -0.159. The number of rotatable bonds is 4. The number of aromatic nitrogens is 4. The van der Waals surface area contributed by atoms with Gasteiger partial charge in [0.25, 0.3) is 11.5 Å². The summed E-state index contributed by atoms with van der Waals surface area (Å²) in [6.07, 6.45) is -3.82.